The van der Waals surface area contributed by atoms with E-state index in [1.54, 1.807) is 25.3 Å². The van der Waals surface area contributed by atoms with Crippen molar-refractivity contribution in [3.8, 4) is 11.5 Å². The molecule has 0 atom stereocenters. The number of thioether (sulfide) groups is 1. The summed E-state index contributed by atoms with van der Waals surface area (Å²) in [5.41, 5.74) is 1.70. The van der Waals surface area contributed by atoms with Gasteiger partial charge in [-0.3, -0.25) is 9.59 Å². The zero-order valence-corrected chi connectivity index (χ0v) is 15.2. The largest absolute Gasteiger partial charge is 0.493 e. The van der Waals surface area contributed by atoms with E-state index in [0.29, 0.717) is 29.4 Å². The van der Waals surface area contributed by atoms with Crippen LogP contribution in [0.2, 0.25) is 0 Å². The first-order valence-electron chi connectivity index (χ1n) is 7.73. The van der Waals surface area contributed by atoms with Crippen LogP contribution in [-0.2, 0) is 16.0 Å². The Morgan fingerprint density at radius 3 is 2.80 bits per heavy atom. The minimum Gasteiger partial charge on any atom is -0.493 e. The first kappa shape index (κ1) is 18.8. The van der Waals surface area contributed by atoms with Crippen molar-refractivity contribution in [3.05, 3.63) is 40.8 Å². The summed E-state index contributed by atoms with van der Waals surface area (Å²) in [4.78, 5) is 27.4. The molecule has 1 aromatic carbocycles. The van der Waals surface area contributed by atoms with E-state index in [1.165, 1.54) is 6.92 Å². The van der Waals surface area contributed by atoms with E-state index in [-0.39, 0.29) is 17.0 Å². The van der Waals surface area contributed by atoms with E-state index in [9.17, 15) is 9.59 Å². The van der Waals surface area contributed by atoms with Gasteiger partial charge in [-0.1, -0.05) is 6.08 Å². The Bertz CT molecular complexity index is 769. The molecule has 0 saturated carbocycles. The number of nitrogens with zero attached hydrogens (tertiary/aromatic N) is 1. The summed E-state index contributed by atoms with van der Waals surface area (Å²) in [5.74, 6) is 0.613. The van der Waals surface area contributed by atoms with E-state index in [2.05, 4.69) is 16.9 Å². The van der Waals surface area contributed by atoms with Crippen LogP contribution in [0, 0.1) is 0 Å². The second kappa shape index (κ2) is 8.53. The van der Waals surface area contributed by atoms with Gasteiger partial charge in [0.15, 0.2) is 16.7 Å². The predicted molar refractivity (Wildman–Crippen MR) is 99.9 cm³/mol. The van der Waals surface area contributed by atoms with Gasteiger partial charge in [-0.25, -0.2) is 0 Å². The van der Waals surface area contributed by atoms with Crippen molar-refractivity contribution >= 4 is 34.8 Å². The first-order valence-corrected chi connectivity index (χ1v) is 8.54. The number of carbonyl (C=O) groups is 2. The van der Waals surface area contributed by atoms with Crippen molar-refractivity contribution in [2.24, 2.45) is 4.99 Å². The molecular formula is C18H20N2O4S. The third kappa shape index (κ3) is 4.73. The molecule has 1 aliphatic heterocycles. The van der Waals surface area contributed by atoms with E-state index in [1.807, 2.05) is 13.0 Å². The number of rotatable bonds is 6. The number of hydrogen-bond acceptors (Lipinski definition) is 5. The van der Waals surface area contributed by atoms with Crippen LogP contribution >= 0.6 is 11.8 Å². The van der Waals surface area contributed by atoms with Crippen LogP contribution in [-0.4, -0.2) is 30.7 Å². The quantitative estimate of drug-likeness (QED) is 0.623. The number of nitrogens with one attached hydrogen (secondary N) is 1. The molecule has 0 aromatic heterocycles. The van der Waals surface area contributed by atoms with Crippen LogP contribution in [0.3, 0.4) is 0 Å². The predicted octanol–water partition coefficient (Wildman–Crippen LogP) is 2.93. The summed E-state index contributed by atoms with van der Waals surface area (Å²) in [6.07, 6.45) is 4.11. The summed E-state index contributed by atoms with van der Waals surface area (Å²) < 4.78 is 11.1. The number of ether oxygens (including phenoxy) is 2. The van der Waals surface area contributed by atoms with E-state index in [4.69, 9.17) is 9.47 Å². The van der Waals surface area contributed by atoms with Gasteiger partial charge in [0.2, 0.25) is 5.91 Å². The van der Waals surface area contributed by atoms with Crippen LogP contribution in [0.1, 0.15) is 25.0 Å². The molecule has 1 aliphatic rings. The topological polar surface area (TPSA) is 77.0 Å². The van der Waals surface area contributed by atoms with E-state index in [0.717, 1.165) is 22.9 Å². The summed E-state index contributed by atoms with van der Waals surface area (Å²) in [7, 11) is 1.57. The number of amides is 2. The lowest BCUT2D eigenvalue weighted by molar-refractivity contribution is -0.117. The monoisotopic (exact) mass is 360 g/mol. The summed E-state index contributed by atoms with van der Waals surface area (Å²) in [5, 5.41) is 2.81. The van der Waals surface area contributed by atoms with Gasteiger partial charge in [0.1, 0.15) is 0 Å². The summed E-state index contributed by atoms with van der Waals surface area (Å²) >= 11 is 1.13. The Morgan fingerprint density at radius 1 is 1.44 bits per heavy atom. The lowest BCUT2D eigenvalue weighted by atomic mass is 10.0. The number of methoxy groups -OCH3 is 1. The normalized spacial score (nSPS) is 15.1. The maximum atomic E-state index is 12.0. The summed E-state index contributed by atoms with van der Waals surface area (Å²) in [6.45, 7) is 7.56. The molecule has 0 spiro atoms. The van der Waals surface area contributed by atoms with Gasteiger partial charge in [-0.05, 0) is 48.9 Å². The van der Waals surface area contributed by atoms with Gasteiger partial charge in [-0.2, -0.15) is 4.99 Å². The van der Waals surface area contributed by atoms with Crippen LogP contribution in [0.15, 0.2) is 34.7 Å². The number of amidine groups is 1. The minimum atomic E-state index is -0.383. The number of aliphatic imine (C=N–C) groups is 1. The SMILES string of the molecule is C=CCc1cc(/C=C2/SC(NC(C)=O)=NC2=O)cc(OC)c1OCC. The van der Waals surface area contributed by atoms with Gasteiger partial charge in [0.25, 0.3) is 5.91 Å². The molecule has 0 bridgehead atoms. The average molecular weight is 360 g/mol. The van der Waals surface area contributed by atoms with Crippen LogP contribution in [0.5, 0.6) is 11.5 Å². The summed E-state index contributed by atoms with van der Waals surface area (Å²) in [6, 6.07) is 3.72. The van der Waals surface area contributed by atoms with Crippen molar-refractivity contribution in [2.45, 2.75) is 20.3 Å². The molecule has 132 valence electrons. The molecule has 1 aromatic rings. The average Bonchev–Trinajstić information content (AvgIpc) is 2.88. The molecule has 0 fully saturated rings. The van der Waals surface area contributed by atoms with Gasteiger partial charge in [0.05, 0.1) is 18.6 Å². The Hall–Kier alpha value is -2.54. The van der Waals surface area contributed by atoms with Crippen molar-refractivity contribution in [1.29, 1.82) is 0 Å². The molecular weight excluding hydrogens is 340 g/mol. The number of benzene rings is 1. The van der Waals surface area contributed by atoms with Crippen molar-refractivity contribution in [2.75, 3.05) is 13.7 Å². The zero-order chi connectivity index (χ0) is 18.4. The Balaban J connectivity index is 2.36. The zero-order valence-electron chi connectivity index (χ0n) is 14.4. The Labute approximate surface area is 151 Å². The fourth-order valence-electron chi connectivity index (χ4n) is 2.30. The van der Waals surface area contributed by atoms with E-state index >= 15 is 0 Å². The fraction of sp³-hybridized carbons (Fsp3) is 0.278. The van der Waals surface area contributed by atoms with Crippen molar-refractivity contribution < 1.29 is 19.1 Å². The molecule has 2 rings (SSSR count). The highest BCUT2D eigenvalue weighted by Gasteiger charge is 2.23. The Kier molecular flexibility index (Phi) is 6.41. The molecule has 0 aliphatic carbocycles. The highest BCUT2D eigenvalue weighted by atomic mass is 32.2. The van der Waals surface area contributed by atoms with Crippen LogP contribution in [0.4, 0.5) is 0 Å². The first-order chi connectivity index (χ1) is 12.0. The second-order valence-corrected chi connectivity index (χ2v) is 6.18. The maximum absolute atomic E-state index is 12.0. The van der Waals surface area contributed by atoms with Gasteiger partial charge < -0.3 is 14.8 Å². The second-order valence-electron chi connectivity index (χ2n) is 5.15. The smallest absolute Gasteiger partial charge is 0.286 e. The lowest BCUT2D eigenvalue weighted by Gasteiger charge is -2.14. The molecule has 0 saturated heterocycles. The molecule has 7 heteroatoms. The van der Waals surface area contributed by atoms with Crippen molar-refractivity contribution in [3.63, 3.8) is 0 Å². The molecule has 6 nitrogen and oxygen atoms in total. The third-order valence-corrected chi connectivity index (χ3v) is 4.13. The number of hydrogen-bond donors (Lipinski definition) is 1. The number of carbonyl (C=O) groups excluding carboxylic acids is 2. The molecule has 0 unspecified atom stereocenters. The molecule has 1 N–H and O–H groups in total. The molecule has 0 radical (unpaired) electrons. The lowest BCUT2D eigenvalue weighted by Crippen LogP contribution is -2.23. The van der Waals surface area contributed by atoms with Gasteiger partial charge >= 0.3 is 0 Å². The molecule has 2 amide bonds. The minimum absolute atomic E-state index is 0.267. The fourth-order valence-corrected chi connectivity index (χ4v) is 3.16. The van der Waals surface area contributed by atoms with E-state index < -0.39 is 0 Å². The highest BCUT2D eigenvalue weighted by Crippen LogP contribution is 2.35. The molecule has 1 heterocycles. The van der Waals surface area contributed by atoms with Gasteiger partial charge in [-0.15, -0.1) is 6.58 Å². The maximum Gasteiger partial charge on any atom is 0.286 e. The third-order valence-electron chi connectivity index (χ3n) is 3.23. The van der Waals surface area contributed by atoms with Crippen LogP contribution in [0.25, 0.3) is 6.08 Å². The van der Waals surface area contributed by atoms with Gasteiger partial charge in [0, 0.05) is 12.5 Å². The highest BCUT2D eigenvalue weighted by molar-refractivity contribution is 8.18. The molecule has 25 heavy (non-hydrogen) atoms. The number of allylic oxidation sites excluding steroid dienone is 1. The van der Waals surface area contributed by atoms with Crippen LogP contribution < -0.4 is 14.8 Å². The standard InChI is InChI=1S/C18H20N2O4S/c1-5-7-13-8-12(9-14(23-4)16(13)24-6-2)10-15-17(22)20-18(25-15)19-11(3)21/h5,8-10H,1,6-7H2,2-4H3,(H,19,20,21,22)/b15-10+. The Morgan fingerprint density at radius 2 is 2.20 bits per heavy atom. The van der Waals surface area contributed by atoms with Crippen molar-refractivity contribution in [1.82, 2.24) is 5.32 Å².